The number of ether oxygens (including phenoxy) is 2. The number of nitrogens with zero attached hydrogens (tertiary/aromatic N) is 1. The number of anilines is 1. The second-order valence-electron chi connectivity index (χ2n) is 8.87. The molecule has 0 unspecified atom stereocenters. The molecule has 2 N–H and O–H groups in total. The van der Waals surface area contributed by atoms with Crippen LogP contribution in [0.2, 0.25) is 0 Å². The average molecular weight is 549 g/mol. The molecule has 4 nitrogen and oxygen atoms in total. The predicted octanol–water partition coefficient (Wildman–Crippen LogP) is 8.48. The molecule has 37 heavy (non-hydrogen) atoms. The van der Waals surface area contributed by atoms with E-state index in [0.29, 0.717) is 5.69 Å². The quantitative estimate of drug-likeness (QED) is 0.220. The maximum absolute atomic E-state index is 7.11. The molecule has 0 aliphatic heterocycles. The van der Waals surface area contributed by atoms with Crippen molar-refractivity contribution in [2.45, 2.75) is 0 Å². The lowest BCUT2D eigenvalue weighted by Crippen LogP contribution is -2.03. The minimum Gasteiger partial charge on any atom is -0.497 e. The Morgan fingerprint density at radius 3 is 1.95 bits per heavy atom. The van der Waals surface area contributed by atoms with Crippen LogP contribution in [0.1, 0.15) is 0 Å². The summed E-state index contributed by atoms with van der Waals surface area (Å²) in [6.45, 7) is 0. The third-order valence-corrected chi connectivity index (χ3v) is 7.53. The molecule has 0 spiro atoms. The summed E-state index contributed by atoms with van der Waals surface area (Å²) in [6.07, 6.45) is 0. The third kappa shape index (κ3) is 3.83. The first-order valence-electron chi connectivity index (χ1n) is 12.0. The Labute approximate surface area is 224 Å². The predicted molar refractivity (Wildman–Crippen MR) is 157 cm³/mol. The fourth-order valence-corrected chi connectivity index (χ4v) is 5.65. The molecule has 0 amide bonds. The van der Waals surface area contributed by atoms with Gasteiger partial charge >= 0.3 is 0 Å². The Kier molecular flexibility index (Phi) is 5.85. The monoisotopic (exact) mass is 548 g/mol. The number of hydrogen-bond donors (Lipinski definition) is 1. The zero-order valence-corrected chi connectivity index (χ0v) is 22.1. The van der Waals surface area contributed by atoms with Gasteiger partial charge in [-0.05, 0) is 75.1 Å². The molecule has 1 aromatic heterocycles. The first-order valence-corrected chi connectivity index (χ1v) is 12.8. The van der Waals surface area contributed by atoms with Gasteiger partial charge in [-0.25, -0.2) is 0 Å². The molecule has 5 heteroatoms. The highest BCUT2D eigenvalue weighted by molar-refractivity contribution is 9.10. The maximum atomic E-state index is 7.11. The molecular formula is C32H25BrN2O2. The summed E-state index contributed by atoms with van der Waals surface area (Å²) in [7, 11) is 3.35. The topological polar surface area (TPSA) is 49.4 Å². The molecule has 0 fully saturated rings. The van der Waals surface area contributed by atoms with Gasteiger partial charge in [0, 0.05) is 20.8 Å². The average Bonchev–Trinajstić information content (AvgIpc) is 3.28. The molecule has 0 radical (unpaired) electrons. The van der Waals surface area contributed by atoms with Crippen LogP contribution in [-0.4, -0.2) is 18.8 Å². The third-order valence-electron chi connectivity index (χ3n) is 6.89. The summed E-state index contributed by atoms with van der Waals surface area (Å²) < 4.78 is 14.1. The molecule has 0 aliphatic carbocycles. The van der Waals surface area contributed by atoms with E-state index in [9.17, 15) is 0 Å². The number of para-hydroxylation sites is 2. The van der Waals surface area contributed by atoms with Crippen LogP contribution in [0.15, 0.2) is 108 Å². The summed E-state index contributed by atoms with van der Waals surface area (Å²) >= 11 is 3.80. The molecule has 182 valence electrons. The van der Waals surface area contributed by atoms with Gasteiger partial charge in [0.25, 0.3) is 0 Å². The molecule has 0 saturated heterocycles. The van der Waals surface area contributed by atoms with Crippen molar-refractivity contribution in [2.75, 3.05) is 20.0 Å². The Hall–Kier alpha value is -4.22. The lowest BCUT2D eigenvalue weighted by atomic mass is 9.92. The fourth-order valence-electron chi connectivity index (χ4n) is 5.11. The highest BCUT2D eigenvalue weighted by Gasteiger charge is 2.20. The van der Waals surface area contributed by atoms with Crippen molar-refractivity contribution in [1.82, 2.24) is 4.57 Å². The van der Waals surface area contributed by atoms with E-state index >= 15 is 0 Å². The second kappa shape index (κ2) is 9.34. The molecule has 0 atom stereocenters. The van der Waals surface area contributed by atoms with Crippen LogP contribution in [0.4, 0.5) is 5.69 Å². The van der Waals surface area contributed by atoms with Crippen LogP contribution in [0.5, 0.6) is 11.5 Å². The van der Waals surface area contributed by atoms with Gasteiger partial charge in [0.15, 0.2) is 0 Å². The number of fused-ring (bicyclic) bond motifs is 3. The van der Waals surface area contributed by atoms with Crippen molar-refractivity contribution >= 4 is 43.4 Å². The van der Waals surface area contributed by atoms with Crippen molar-refractivity contribution in [1.29, 1.82) is 0 Å². The van der Waals surface area contributed by atoms with Gasteiger partial charge in [0.2, 0.25) is 0 Å². The van der Waals surface area contributed by atoms with Crippen LogP contribution in [0.3, 0.4) is 0 Å². The second-order valence-corrected chi connectivity index (χ2v) is 9.72. The number of hydrogen-bond acceptors (Lipinski definition) is 3. The summed E-state index contributed by atoms with van der Waals surface area (Å²) in [6, 6.07) is 35.2. The van der Waals surface area contributed by atoms with Crippen molar-refractivity contribution in [3.8, 4) is 39.4 Å². The lowest BCUT2D eigenvalue weighted by molar-refractivity contribution is 0.414. The first-order chi connectivity index (χ1) is 18.1. The molecule has 6 aromatic rings. The number of benzene rings is 5. The van der Waals surface area contributed by atoms with E-state index in [2.05, 4.69) is 99.4 Å². The number of nitrogens with two attached hydrogens (primary N) is 1. The van der Waals surface area contributed by atoms with E-state index in [1.165, 1.54) is 10.8 Å². The zero-order valence-electron chi connectivity index (χ0n) is 20.5. The van der Waals surface area contributed by atoms with Crippen molar-refractivity contribution in [3.05, 3.63) is 108 Å². The van der Waals surface area contributed by atoms with Crippen molar-refractivity contribution in [2.24, 2.45) is 0 Å². The summed E-state index contributed by atoms with van der Waals surface area (Å²) in [5.41, 5.74) is 15.1. The number of rotatable bonds is 5. The number of aromatic nitrogens is 1. The fraction of sp³-hybridized carbons (Fsp3) is 0.0625. The van der Waals surface area contributed by atoms with Gasteiger partial charge in [0.1, 0.15) is 11.5 Å². The smallest absolute Gasteiger partial charge is 0.118 e. The van der Waals surface area contributed by atoms with Crippen LogP contribution in [0.25, 0.3) is 49.7 Å². The van der Waals surface area contributed by atoms with E-state index in [1.807, 2.05) is 24.3 Å². The van der Waals surface area contributed by atoms with Crippen LogP contribution in [-0.2, 0) is 0 Å². The zero-order chi connectivity index (χ0) is 25.5. The standard InChI is InChI=1S/C32H25BrN2O2/c1-36-22-14-10-20(11-15-22)24-18-19-29(31(34)30(24)21-12-16-23(37-2)17-13-21)35-28-9-4-3-6-25(28)26-7-5-8-27(33)32(26)35/h3-19H,34H2,1-2H3. The van der Waals surface area contributed by atoms with E-state index < -0.39 is 0 Å². The molecule has 1 heterocycles. The molecule has 6 rings (SSSR count). The minimum atomic E-state index is 0.705. The largest absolute Gasteiger partial charge is 0.497 e. The van der Waals surface area contributed by atoms with E-state index in [-0.39, 0.29) is 0 Å². The van der Waals surface area contributed by atoms with Crippen LogP contribution in [0, 0.1) is 0 Å². The lowest BCUT2D eigenvalue weighted by Gasteiger charge is -2.19. The van der Waals surface area contributed by atoms with E-state index in [1.54, 1.807) is 14.2 Å². The minimum absolute atomic E-state index is 0.705. The Morgan fingerprint density at radius 2 is 1.27 bits per heavy atom. The Balaban J connectivity index is 1.67. The van der Waals surface area contributed by atoms with Crippen LogP contribution >= 0.6 is 15.9 Å². The SMILES string of the molecule is COc1ccc(-c2ccc(-n3c4ccccc4c4cccc(Br)c43)c(N)c2-c2ccc(OC)cc2)cc1. The van der Waals surface area contributed by atoms with Crippen molar-refractivity contribution in [3.63, 3.8) is 0 Å². The summed E-state index contributed by atoms with van der Waals surface area (Å²) in [4.78, 5) is 0. The van der Waals surface area contributed by atoms with Gasteiger partial charge in [-0.3, -0.25) is 0 Å². The maximum Gasteiger partial charge on any atom is 0.118 e. The van der Waals surface area contributed by atoms with E-state index in [0.717, 1.165) is 54.9 Å². The van der Waals surface area contributed by atoms with Gasteiger partial charge in [-0.1, -0.05) is 60.7 Å². The van der Waals surface area contributed by atoms with Crippen LogP contribution < -0.4 is 15.2 Å². The molecule has 0 aliphatic rings. The highest BCUT2D eigenvalue weighted by atomic mass is 79.9. The van der Waals surface area contributed by atoms with E-state index in [4.69, 9.17) is 15.2 Å². The van der Waals surface area contributed by atoms with Gasteiger partial charge in [0.05, 0.1) is 36.6 Å². The van der Waals surface area contributed by atoms with Crippen molar-refractivity contribution < 1.29 is 9.47 Å². The normalized spacial score (nSPS) is 11.2. The Morgan fingerprint density at radius 1 is 0.649 bits per heavy atom. The molecule has 5 aromatic carbocycles. The molecule has 0 bridgehead atoms. The Bertz CT molecular complexity index is 1750. The number of nitrogen functional groups attached to an aromatic ring is 1. The molecular weight excluding hydrogens is 524 g/mol. The number of methoxy groups -OCH3 is 2. The highest BCUT2D eigenvalue weighted by Crippen LogP contribution is 2.44. The first kappa shape index (κ1) is 23.2. The number of halogens is 1. The van der Waals surface area contributed by atoms with Gasteiger partial charge < -0.3 is 19.8 Å². The van der Waals surface area contributed by atoms with Gasteiger partial charge in [-0.15, -0.1) is 0 Å². The summed E-state index contributed by atoms with van der Waals surface area (Å²) in [5, 5.41) is 2.36. The molecule has 0 saturated carbocycles. The van der Waals surface area contributed by atoms with Gasteiger partial charge in [-0.2, -0.15) is 0 Å². The summed E-state index contributed by atoms with van der Waals surface area (Å²) in [5.74, 6) is 1.62.